The Morgan fingerprint density at radius 3 is 1.90 bits per heavy atom. The first kappa shape index (κ1) is 30.4. The molecule has 2 saturated carbocycles. The van der Waals surface area contributed by atoms with E-state index in [0.717, 1.165) is 45.1 Å². The number of aryl methyl sites for hydroxylation is 2. The van der Waals surface area contributed by atoms with Gasteiger partial charge in [-0.15, -0.1) is 0 Å². The van der Waals surface area contributed by atoms with Crippen molar-refractivity contribution in [3.63, 3.8) is 0 Å². The molecule has 11 heteroatoms. The summed E-state index contributed by atoms with van der Waals surface area (Å²) in [5, 5.41) is 5.50. The van der Waals surface area contributed by atoms with E-state index in [1.165, 1.54) is 6.07 Å². The zero-order valence-electron chi connectivity index (χ0n) is 22.0. The third-order valence-corrected chi connectivity index (χ3v) is 7.44. The molecule has 4 rings (SSSR count). The van der Waals surface area contributed by atoms with E-state index >= 15 is 0 Å². The van der Waals surface area contributed by atoms with Crippen molar-refractivity contribution in [1.29, 1.82) is 0 Å². The summed E-state index contributed by atoms with van der Waals surface area (Å²) in [6.45, 7) is 6.80. The van der Waals surface area contributed by atoms with E-state index < -0.39 is 35.4 Å². The number of nitrogens with one attached hydrogen (secondary N) is 2. The largest absolute Gasteiger partial charge is 0.435 e. The Morgan fingerprint density at radius 1 is 0.846 bits per heavy atom. The molecule has 2 fully saturated rings. The van der Waals surface area contributed by atoms with Gasteiger partial charge in [-0.2, -0.15) is 26.3 Å². The van der Waals surface area contributed by atoms with Crippen molar-refractivity contribution < 1.29 is 40.3 Å². The van der Waals surface area contributed by atoms with Gasteiger partial charge in [0.25, 0.3) is 11.8 Å². The molecule has 0 aromatic heterocycles. The molecule has 0 radical (unpaired) electrons. The van der Waals surface area contributed by atoms with Gasteiger partial charge in [-0.1, -0.05) is 44.5 Å². The van der Waals surface area contributed by atoms with E-state index in [9.17, 15) is 40.3 Å². The molecular weight excluding hydrogens is 529 g/mol. The SMILES string of the molecule is CC.Cc1cc(C(F)(C(F)(F)F)C(F)(F)F)ccc1NC(=O)c1cccc(C)c1C(=O)NC1(C2CCC2)CC1. The molecule has 4 nitrogen and oxygen atoms in total. The summed E-state index contributed by atoms with van der Waals surface area (Å²) < 4.78 is 93.0. The highest BCUT2D eigenvalue weighted by molar-refractivity contribution is 6.13. The number of carbonyl (C=O) groups excluding carboxylic acids is 2. The zero-order valence-corrected chi connectivity index (χ0v) is 22.0. The van der Waals surface area contributed by atoms with Crippen molar-refractivity contribution in [2.24, 2.45) is 5.92 Å². The molecule has 0 spiro atoms. The number of carbonyl (C=O) groups is 2. The van der Waals surface area contributed by atoms with Gasteiger partial charge in [-0.05, 0) is 68.7 Å². The lowest BCUT2D eigenvalue weighted by Crippen LogP contribution is -2.50. The van der Waals surface area contributed by atoms with Crippen LogP contribution >= 0.6 is 0 Å². The number of anilines is 1. The summed E-state index contributed by atoms with van der Waals surface area (Å²) in [7, 11) is 0. The molecule has 0 unspecified atom stereocenters. The maximum atomic E-state index is 14.4. The summed E-state index contributed by atoms with van der Waals surface area (Å²) >= 11 is 0. The van der Waals surface area contributed by atoms with Gasteiger partial charge in [0.2, 0.25) is 0 Å². The monoisotopic (exact) mass is 560 g/mol. The summed E-state index contributed by atoms with van der Waals surface area (Å²) in [4.78, 5) is 26.3. The van der Waals surface area contributed by atoms with Gasteiger partial charge in [0.05, 0.1) is 11.1 Å². The topological polar surface area (TPSA) is 58.2 Å². The van der Waals surface area contributed by atoms with Gasteiger partial charge in [0, 0.05) is 16.8 Å². The van der Waals surface area contributed by atoms with Crippen molar-refractivity contribution in [3.8, 4) is 0 Å². The zero-order chi connectivity index (χ0) is 29.4. The van der Waals surface area contributed by atoms with Crippen LogP contribution < -0.4 is 10.6 Å². The highest BCUT2D eigenvalue weighted by Gasteiger charge is 2.73. The van der Waals surface area contributed by atoms with Gasteiger partial charge in [-0.3, -0.25) is 9.59 Å². The predicted octanol–water partition coefficient (Wildman–Crippen LogP) is 7.93. The van der Waals surface area contributed by atoms with Crippen LogP contribution in [0.15, 0.2) is 36.4 Å². The number of hydrogen-bond acceptors (Lipinski definition) is 2. The minimum Gasteiger partial charge on any atom is -0.346 e. The van der Waals surface area contributed by atoms with Crippen LogP contribution in [0.25, 0.3) is 0 Å². The van der Waals surface area contributed by atoms with Crippen LogP contribution in [0.3, 0.4) is 0 Å². The van der Waals surface area contributed by atoms with Crippen LogP contribution in [-0.4, -0.2) is 29.7 Å². The lowest BCUT2D eigenvalue weighted by molar-refractivity contribution is -0.348. The number of benzene rings is 2. The van der Waals surface area contributed by atoms with Crippen LogP contribution in [0.5, 0.6) is 0 Å². The summed E-state index contributed by atoms with van der Waals surface area (Å²) in [5.41, 5.74) is -7.18. The Balaban J connectivity index is 0.00000205. The van der Waals surface area contributed by atoms with E-state index in [4.69, 9.17) is 0 Å². The Kier molecular flexibility index (Phi) is 8.43. The third kappa shape index (κ3) is 5.63. The summed E-state index contributed by atoms with van der Waals surface area (Å²) in [6.07, 6.45) is -7.62. The van der Waals surface area contributed by atoms with Crippen LogP contribution in [0, 0.1) is 19.8 Å². The Labute approximate surface area is 222 Å². The Bertz CT molecular complexity index is 1220. The van der Waals surface area contributed by atoms with E-state index in [0.29, 0.717) is 23.6 Å². The molecule has 0 saturated heterocycles. The molecule has 2 aliphatic carbocycles. The maximum absolute atomic E-state index is 14.4. The highest BCUT2D eigenvalue weighted by atomic mass is 19.4. The molecule has 2 N–H and O–H groups in total. The van der Waals surface area contributed by atoms with Crippen LogP contribution in [0.2, 0.25) is 0 Å². The molecule has 2 aliphatic rings. The van der Waals surface area contributed by atoms with Crippen LogP contribution in [0.4, 0.5) is 36.4 Å². The molecule has 39 heavy (non-hydrogen) atoms. The van der Waals surface area contributed by atoms with E-state index in [1.807, 2.05) is 13.8 Å². The lowest BCUT2D eigenvalue weighted by Gasteiger charge is -2.35. The second-order valence-electron chi connectivity index (χ2n) is 9.87. The van der Waals surface area contributed by atoms with Crippen LogP contribution in [-0.2, 0) is 5.67 Å². The average molecular weight is 561 g/mol. The summed E-state index contributed by atoms with van der Waals surface area (Å²) in [5.74, 6) is -0.802. The van der Waals surface area contributed by atoms with Gasteiger partial charge < -0.3 is 10.6 Å². The first-order valence-corrected chi connectivity index (χ1v) is 12.8. The number of rotatable bonds is 6. The molecule has 0 atom stereocenters. The first-order valence-electron chi connectivity index (χ1n) is 12.8. The fraction of sp³-hybridized carbons (Fsp3) is 0.500. The summed E-state index contributed by atoms with van der Waals surface area (Å²) in [6, 6.07) is 6.13. The number of amides is 2. The highest BCUT2D eigenvalue weighted by Crippen LogP contribution is 2.53. The predicted molar refractivity (Wildman–Crippen MR) is 133 cm³/mol. The fourth-order valence-electron chi connectivity index (χ4n) is 4.87. The molecular formula is C28H31F7N2O2. The first-order chi connectivity index (χ1) is 18.1. The van der Waals surface area contributed by atoms with Crippen molar-refractivity contribution in [3.05, 3.63) is 64.2 Å². The van der Waals surface area contributed by atoms with Crippen molar-refractivity contribution in [1.82, 2.24) is 5.32 Å². The molecule has 214 valence electrons. The molecule has 2 aromatic rings. The lowest BCUT2D eigenvalue weighted by atomic mass is 9.77. The molecule has 0 bridgehead atoms. The van der Waals surface area contributed by atoms with Crippen molar-refractivity contribution in [2.45, 2.75) is 83.4 Å². The van der Waals surface area contributed by atoms with Gasteiger partial charge in [0.15, 0.2) is 0 Å². The second-order valence-corrected chi connectivity index (χ2v) is 9.87. The van der Waals surface area contributed by atoms with Gasteiger partial charge in [-0.25, -0.2) is 4.39 Å². The van der Waals surface area contributed by atoms with E-state index in [1.54, 1.807) is 19.1 Å². The van der Waals surface area contributed by atoms with Gasteiger partial charge >= 0.3 is 18.0 Å². The van der Waals surface area contributed by atoms with Gasteiger partial charge in [0.1, 0.15) is 0 Å². The van der Waals surface area contributed by atoms with Crippen molar-refractivity contribution in [2.75, 3.05) is 5.32 Å². The van der Waals surface area contributed by atoms with Crippen LogP contribution in [0.1, 0.15) is 83.4 Å². The minimum absolute atomic E-state index is 0.00388. The quantitative estimate of drug-likeness (QED) is 0.353. The smallest absolute Gasteiger partial charge is 0.346 e. The fourth-order valence-corrected chi connectivity index (χ4v) is 4.87. The number of alkyl halides is 7. The normalized spacial score (nSPS) is 16.9. The maximum Gasteiger partial charge on any atom is 0.435 e. The molecule has 0 aliphatic heterocycles. The number of hydrogen-bond donors (Lipinski definition) is 2. The standard InChI is InChI=1S/C26H25F7N2O2.C2H6/c1-14-5-3-8-18(20(14)22(37)35-23(11-12-23)16-6-4-7-16)21(36)34-19-10-9-17(13-15(19)2)24(27,25(28,29)30)26(31,32)33;1-2/h3,5,8-10,13,16H,4,6-7,11-12H2,1-2H3,(H,34,36)(H,35,37);1-2H3. The Hall–Kier alpha value is -3.11. The average Bonchev–Trinajstić information content (AvgIpc) is 3.57. The third-order valence-electron chi connectivity index (χ3n) is 7.44. The second kappa shape index (κ2) is 10.8. The van der Waals surface area contributed by atoms with E-state index in [2.05, 4.69) is 10.6 Å². The molecule has 2 amide bonds. The number of halogens is 7. The Morgan fingerprint density at radius 2 is 1.44 bits per heavy atom. The van der Waals surface area contributed by atoms with Crippen molar-refractivity contribution >= 4 is 17.5 Å². The molecule has 0 heterocycles. The minimum atomic E-state index is -6.25. The van der Waals surface area contributed by atoms with E-state index in [-0.39, 0.29) is 27.9 Å². The molecule has 2 aromatic carbocycles.